The fourth-order valence-corrected chi connectivity index (χ4v) is 2.67. The molecular weight excluding hydrogens is 333 g/mol. The van der Waals surface area contributed by atoms with Gasteiger partial charge in [0.05, 0.1) is 0 Å². The fourth-order valence-electron chi connectivity index (χ4n) is 2.67. The second-order valence-electron chi connectivity index (χ2n) is 5.61. The van der Waals surface area contributed by atoms with Gasteiger partial charge in [-0.25, -0.2) is 0 Å². The van der Waals surface area contributed by atoms with Gasteiger partial charge in [-0.1, -0.05) is 30.3 Å². The largest absolute Gasteiger partial charge is 0.573 e. The van der Waals surface area contributed by atoms with Gasteiger partial charge >= 0.3 is 6.36 Å². The van der Waals surface area contributed by atoms with Gasteiger partial charge in [-0.05, 0) is 30.5 Å². The highest BCUT2D eigenvalue weighted by molar-refractivity contribution is 5.96. The number of fused-ring (bicyclic) bond motifs is 1. The summed E-state index contributed by atoms with van der Waals surface area (Å²) in [6.07, 6.45) is -1.50. The minimum Gasteiger partial charge on any atom is -0.456 e. The first-order valence-electron chi connectivity index (χ1n) is 7.77. The number of benzene rings is 2. The first-order chi connectivity index (χ1) is 11.9. The van der Waals surface area contributed by atoms with Crippen LogP contribution >= 0.6 is 0 Å². The lowest BCUT2D eigenvalue weighted by Gasteiger charge is -2.17. The van der Waals surface area contributed by atoms with Crippen molar-refractivity contribution in [3.63, 3.8) is 0 Å². The third-order valence-electron chi connectivity index (χ3n) is 3.71. The number of rotatable bonds is 3. The molecule has 2 aromatic carbocycles. The second-order valence-corrected chi connectivity index (χ2v) is 5.61. The molecule has 0 radical (unpaired) electrons. The molecule has 25 heavy (non-hydrogen) atoms. The van der Waals surface area contributed by atoms with Crippen LogP contribution in [-0.2, 0) is 11.2 Å². The zero-order valence-electron chi connectivity index (χ0n) is 13.2. The van der Waals surface area contributed by atoms with Crippen molar-refractivity contribution in [1.29, 1.82) is 0 Å². The van der Waals surface area contributed by atoms with E-state index in [0.29, 0.717) is 12.2 Å². The maximum atomic E-state index is 12.4. The highest BCUT2D eigenvalue weighted by Crippen LogP contribution is 2.30. The van der Waals surface area contributed by atoms with E-state index in [2.05, 4.69) is 4.74 Å². The van der Waals surface area contributed by atoms with Gasteiger partial charge in [0.1, 0.15) is 17.3 Å². The quantitative estimate of drug-likeness (QED) is 0.791. The SMILES string of the molecule is O=C1C=C(Oc2cccc(OC(F)(F)F)c2)c2ccccc2CCC1. The van der Waals surface area contributed by atoms with Crippen molar-refractivity contribution >= 4 is 11.5 Å². The summed E-state index contributed by atoms with van der Waals surface area (Å²) in [7, 11) is 0. The molecule has 2 aromatic rings. The van der Waals surface area contributed by atoms with E-state index in [1.165, 1.54) is 24.3 Å². The lowest BCUT2D eigenvalue weighted by Crippen LogP contribution is -2.17. The standard InChI is InChI=1S/C19H15F3O3/c20-19(21,22)25-16-9-4-8-15(12-16)24-18-11-14(23)7-3-6-13-5-1-2-10-17(13)18/h1-2,4-5,8-12H,3,6-7H2. The lowest BCUT2D eigenvalue weighted by molar-refractivity contribution is -0.274. The molecule has 1 aliphatic carbocycles. The summed E-state index contributed by atoms with van der Waals surface area (Å²) in [5, 5.41) is 0. The van der Waals surface area contributed by atoms with E-state index in [1.807, 2.05) is 24.3 Å². The number of allylic oxidation sites excluding steroid dienone is 1. The van der Waals surface area contributed by atoms with Gasteiger partial charge < -0.3 is 9.47 Å². The fraction of sp³-hybridized carbons (Fsp3) is 0.211. The van der Waals surface area contributed by atoms with Gasteiger partial charge in [-0.2, -0.15) is 0 Å². The average Bonchev–Trinajstić information content (AvgIpc) is 2.52. The number of alkyl halides is 3. The maximum Gasteiger partial charge on any atom is 0.573 e. The van der Waals surface area contributed by atoms with Crippen LogP contribution in [0.25, 0.3) is 5.76 Å². The molecule has 130 valence electrons. The molecule has 6 heteroatoms. The van der Waals surface area contributed by atoms with Gasteiger partial charge in [-0.3, -0.25) is 4.79 Å². The zero-order chi connectivity index (χ0) is 17.9. The molecule has 0 bridgehead atoms. The first-order valence-corrected chi connectivity index (χ1v) is 7.77. The molecule has 0 aliphatic heterocycles. The summed E-state index contributed by atoms with van der Waals surface area (Å²) in [5.41, 5.74) is 1.79. The summed E-state index contributed by atoms with van der Waals surface area (Å²) in [6.45, 7) is 0. The summed E-state index contributed by atoms with van der Waals surface area (Å²) >= 11 is 0. The third kappa shape index (κ3) is 4.62. The number of hydrogen-bond donors (Lipinski definition) is 0. The molecule has 0 fully saturated rings. The van der Waals surface area contributed by atoms with E-state index in [9.17, 15) is 18.0 Å². The normalized spacial score (nSPS) is 14.8. The molecule has 3 nitrogen and oxygen atoms in total. The van der Waals surface area contributed by atoms with Crippen molar-refractivity contribution in [1.82, 2.24) is 0 Å². The zero-order valence-corrected chi connectivity index (χ0v) is 13.2. The van der Waals surface area contributed by atoms with Crippen LogP contribution in [0, 0.1) is 0 Å². The van der Waals surface area contributed by atoms with Crippen molar-refractivity contribution in [2.45, 2.75) is 25.6 Å². The van der Waals surface area contributed by atoms with Gasteiger partial charge in [0.25, 0.3) is 0 Å². The summed E-state index contributed by atoms with van der Waals surface area (Å²) in [6, 6.07) is 12.7. The molecule has 1 aliphatic rings. The van der Waals surface area contributed by atoms with Crippen LogP contribution in [0.5, 0.6) is 11.5 Å². The van der Waals surface area contributed by atoms with E-state index in [1.54, 1.807) is 0 Å². The van der Waals surface area contributed by atoms with E-state index in [4.69, 9.17) is 4.74 Å². The van der Waals surface area contributed by atoms with Crippen molar-refractivity contribution in [2.24, 2.45) is 0 Å². The molecule has 0 atom stereocenters. The van der Waals surface area contributed by atoms with Crippen LogP contribution in [0.2, 0.25) is 0 Å². The van der Waals surface area contributed by atoms with Crippen LogP contribution < -0.4 is 9.47 Å². The van der Waals surface area contributed by atoms with Crippen molar-refractivity contribution in [3.8, 4) is 11.5 Å². The van der Waals surface area contributed by atoms with Gasteiger partial charge in [0.15, 0.2) is 5.78 Å². The molecule has 0 aromatic heterocycles. The second kappa shape index (κ2) is 7.01. The Hall–Kier alpha value is -2.76. The highest BCUT2D eigenvalue weighted by atomic mass is 19.4. The molecule has 3 rings (SSSR count). The predicted octanol–water partition coefficient (Wildman–Crippen LogP) is 4.91. The smallest absolute Gasteiger partial charge is 0.456 e. The number of ether oxygens (including phenoxy) is 2. The Kier molecular flexibility index (Phi) is 4.79. The highest BCUT2D eigenvalue weighted by Gasteiger charge is 2.31. The van der Waals surface area contributed by atoms with Gasteiger partial charge in [0, 0.05) is 24.1 Å². The number of carbonyl (C=O) groups is 1. The van der Waals surface area contributed by atoms with Crippen LogP contribution in [-0.4, -0.2) is 12.1 Å². The molecule has 0 saturated heterocycles. The van der Waals surface area contributed by atoms with Crippen molar-refractivity contribution in [2.75, 3.05) is 0 Å². The van der Waals surface area contributed by atoms with Crippen molar-refractivity contribution < 1.29 is 27.4 Å². The number of aryl methyl sites for hydroxylation is 1. The topological polar surface area (TPSA) is 35.5 Å². The summed E-state index contributed by atoms with van der Waals surface area (Å²) < 4.78 is 46.7. The first kappa shape index (κ1) is 17.1. The number of halogens is 3. The van der Waals surface area contributed by atoms with Crippen LogP contribution in [0.3, 0.4) is 0 Å². The summed E-state index contributed by atoms with van der Waals surface area (Å²) in [4.78, 5) is 12.0. The van der Waals surface area contributed by atoms with Gasteiger partial charge in [-0.15, -0.1) is 13.2 Å². The summed E-state index contributed by atoms with van der Waals surface area (Å²) in [5.74, 6) is 0.0314. The van der Waals surface area contributed by atoms with Crippen LogP contribution in [0.1, 0.15) is 24.0 Å². The molecule has 0 amide bonds. The minimum atomic E-state index is -4.78. The Labute approximate surface area is 142 Å². The Morgan fingerprint density at radius 1 is 0.920 bits per heavy atom. The Bertz CT molecular complexity index is 810. The Morgan fingerprint density at radius 3 is 2.48 bits per heavy atom. The Morgan fingerprint density at radius 2 is 1.68 bits per heavy atom. The van der Waals surface area contributed by atoms with Crippen molar-refractivity contribution in [3.05, 3.63) is 65.7 Å². The maximum absolute atomic E-state index is 12.4. The molecule has 0 spiro atoms. The van der Waals surface area contributed by atoms with Gasteiger partial charge in [0.2, 0.25) is 0 Å². The molecule has 0 N–H and O–H groups in total. The number of hydrogen-bond acceptors (Lipinski definition) is 3. The van der Waals surface area contributed by atoms with E-state index in [0.717, 1.165) is 30.0 Å². The molecule has 0 heterocycles. The molecular formula is C19H15F3O3. The van der Waals surface area contributed by atoms with E-state index >= 15 is 0 Å². The van der Waals surface area contributed by atoms with Crippen LogP contribution in [0.4, 0.5) is 13.2 Å². The van der Waals surface area contributed by atoms with E-state index in [-0.39, 0.29) is 17.3 Å². The lowest BCUT2D eigenvalue weighted by atomic mass is 9.96. The number of ketones is 1. The molecule has 0 unspecified atom stereocenters. The minimum absolute atomic E-state index is 0.0767. The number of carbonyl (C=O) groups excluding carboxylic acids is 1. The average molecular weight is 348 g/mol. The van der Waals surface area contributed by atoms with E-state index < -0.39 is 6.36 Å². The monoisotopic (exact) mass is 348 g/mol. The van der Waals surface area contributed by atoms with Crippen LogP contribution in [0.15, 0.2) is 54.6 Å². The predicted molar refractivity (Wildman–Crippen MR) is 86.1 cm³/mol. The third-order valence-corrected chi connectivity index (χ3v) is 3.71. The Balaban J connectivity index is 1.92. The molecule has 0 saturated carbocycles.